The fourth-order valence-corrected chi connectivity index (χ4v) is 5.02. The third-order valence-electron chi connectivity index (χ3n) is 6.57. The number of carboxylic acid groups (broad SMARTS) is 1. The number of hydrogen-bond donors (Lipinski definition) is 1. The average Bonchev–Trinajstić information content (AvgIpc) is 2.94. The van der Waals surface area contributed by atoms with E-state index in [1.165, 1.54) is 17.8 Å². The molecule has 0 bridgehead atoms. The molecule has 0 saturated heterocycles. The van der Waals surface area contributed by atoms with Crippen LogP contribution in [0, 0.1) is 6.92 Å². The van der Waals surface area contributed by atoms with E-state index in [1.807, 2.05) is 45.0 Å². The Hall–Kier alpha value is -4.18. The van der Waals surface area contributed by atoms with Gasteiger partial charge in [0.1, 0.15) is 5.75 Å². The Balaban J connectivity index is 1.90. The highest BCUT2D eigenvalue weighted by Crippen LogP contribution is 2.38. The maximum atomic E-state index is 13.8. The van der Waals surface area contributed by atoms with Crippen LogP contribution in [0.2, 0.25) is 0 Å². The molecule has 1 heterocycles. The summed E-state index contributed by atoms with van der Waals surface area (Å²) in [7, 11) is 0. The zero-order valence-corrected chi connectivity index (χ0v) is 26.1. The van der Waals surface area contributed by atoms with Gasteiger partial charge in [0.25, 0.3) is 5.56 Å². The molecule has 0 spiro atoms. The van der Waals surface area contributed by atoms with Crippen molar-refractivity contribution >= 4 is 39.0 Å². The van der Waals surface area contributed by atoms with Crippen LogP contribution in [0.3, 0.4) is 0 Å². The Morgan fingerprint density at radius 3 is 2.43 bits per heavy atom. The number of carboxylic acids is 1. The smallest absolute Gasteiger partial charge is 0.344 e. The highest BCUT2D eigenvalue weighted by atomic mass is 79.9. The molecule has 4 rings (SSSR count). The maximum Gasteiger partial charge on any atom is 0.344 e. The van der Waals surface area contributed by atoms with Crippen LogP contribution in [-0.4, -0.2) is 46.3 Å². The van der Waals surface area contributed by atoms with E-state index in [1.54, 1.807) is 24.3 Å². The summed E-state index contributed by atoms with van der Waals surface area (Å²) in [4.78, 5) is 30.0. The van der Waals surface area contributed by atoms with Gasteiger partial charge in [-0.25, -0.2) is 9.78 Å². The number of fused-ring (bicyclic) bond motifs is 1. The fourth-order valence-electron chi connectivity index (χ4n) is 4.47. The second kappa shape index (κ2) is 13.2. The molecule has 0 aliphatic carbocycles. The molecule has 0 aliphatic rings. The molecule has 0 fully saturated rings. The summed E-state index contributed by atoms with van der Waals surface area (Å²) in [5.74, 6) is 0.885. The average molecular weight is 637 g/mol. The molecule has 9 nitrogen and oxygen atoms in total. The Kier molecular flexibility index (Phi) is 9.67. The number of ether oxygens (including phenoxy) is 3. The van der Waals surface area contributed by atoms with Gasteiger partial charge in [0, 0.05) is 5.56 Å². The Morgan fingerprint density at radius 1 is 1.07 bits per heavy atom. The number of aliphatic carboxylic acids is 1. The Bertz CT molecular complexity index is 1710. The van der Waals surface area contributed by atoms with E-state index in [9.17, 15) is 14.7 Å². The molecule has 0 radical (unpaired) electrons. The van der Waals surface area contributed by atoms with Gasteiger partial charge in [0.15, 0.2) is 23.4 Å². The Morgan fingerprint density at radius 2 is 1.76 bits per heavy atom. The van der Waals surface area contributed by atoms with Gasteiger partial charge in [-0.15, -0.1) is 0 Å². The third-order valence-corrected chi connectivity index (χ3v) is 7.16. The van der Waals surface area contributed by atoms with E-state index in [0.29, 0.717) is 45.7 Å². The summed E-state index contributed by atoms with van der Waals surface area (Å²) in [6, 6.07) is 14.6. The molecular weight excluding hydrogens is 602 g/mol. The van der Waals surface area contributed by atoms with Crippen LogP contribution in [0.5, 0.6) is 17.2 Å². The van der Waals surface area contributed by atoms with Crippen LogP contribution < -0.4 is 19.8 Å². The number of aromatic nitrogens is 2. The minimum Gasteiger partial charge on any atom is -0.494 e. The monoisotopic (exact) mass is 635 g/mol. The molecule has 220 valence electrons. The van der Waals surface area contributed by atoms with Gasteiger partial charge >= 0.3 is 5.97 Å². The predicted molar refractivity (Wildman–Crippen MR) is 167 cm³/mol. The molecule has 1 N–H and O–H groups in total. The van der Waals surface area contributed by atoms with Gasteiger partial charge in [-0.05, 0) is 103 Å². The van der Waals surface area contributed by atoms with Gasteiger partial charge in [0.05, 0.1) is 34.8 Å². The first-order valence-corrected chi connectivity index (χ1v) is 14.5. The summed E-state index contributed by atoms with van der Waals surface area (Å²) < 4.78 is 19.1. The number of benzene rings is 3. The van der Waals surface area contributed by atoms with Crippen molar-refractivity contribution in [2.24, 2.45) is 5.10 Å². The number of aryl methyl sites for hydroxylation is 1. The Labute approximate surface area is 252 Å². The molecule has 3 aromatic carbocycles. The first-order valence-electron chi connectivity index (χ1n) is 13.7. The predicted octanol–water partition coefficient (Wildman–Crippen LogP) is 6.79. The van der Waals surface area contributed by atoms with E-state index in [2.05, 4.69) is 34.9 Å². The quantitative estimate of drug-likeness (QED) is 0.181. The van der Waals surface area contributed by atoms with Crippen molar-refractivity contribution in [3.63, 3.8) is 0 Å². The lowest BCUT2D eigenvalue weighted by Crippen LogP contribution is -2.23. The largest absolute Gasteiger partial charge is 0.494 e. The molecule has 0 saturated carbocycles. The number of halogens is 1. The zero-order chi connectivity index (χ0) is 30.6. The van der Waals surface area contributed by atoms with Crippen molar-refractivity contribution < 1.29 is 24.1 Å². The summed E-state index contributed by atoms with van der Waals surface area (Å²) in [6.07, 6.45) is 0.449. The standard InChI is InChI=1S/C32H34BrN3O6/c1-7-40-27-13-19(5)24(16-23(27)18(3)4)30-35-26-12-10-9-11-22(26)31(37)36(30)34-17-21-14-25(33)29(28(15-21)41-8-2)42-20(6)32(38)39/h9-18,20H,7-8H2,1-6H3,(H,38,39)/t20-/m1/s1. The lowest BCUT2D eigenvalue weighted by atomic mass is 9.96. The van der Waals surface area contributed by atoms with Gasteiger partial charge in [0.2, 0.25) is 0 Å². The van der Waals surface area contributed by atoms with Crippen molar-refractivity contribution in [2.75, 3.05) is 13.2 Å². The number of carbonyl (C=O) groups is 1. The lowest BCUT2D eigenvalue weighted by molar-refractivity contribution is -0.144. The van der Waals surface area contributed by atoms with Gasteiger partial charge in [-0.1, -0.05) is 26.0 Å². The molecule has 10 heteroatoms. The van der Waals surface area contributed by atoms with Crippen molar-refractivity contribution in [3.8, 4) is 28.6 Å². The summed E-state index contributed by atoms with van der Waals surface area (Å²) >= 11 is 3.47. The van der Waals surface area contributed by atoms with Crippen molar-refractivity contribution in [3.05, 3.63) is 80.0 Å². The number of rotatable bonds is 11. The molecule has 4 aromatic rings. The molecule has 0 amide bonds. The van der Waals surface area contributed by atoms with Gasteiger partial charge in [-0.2, -0.15) is 9.78 Å². The van der Waals surface area contributed by atoms with Crippen LogP contribution in [0.1, 0.15) is 57.2 Å². The van der Waals surface area contributed by atoms with E-state index in [0.717, 1.165) is 22.4 Å². The molecule has 42 heavy (non-hydrogen) atoms. The van der Waals surface area contributed by atoms with E-state index < -0.39 is 12.1 Å². The highest BCUT2D eigenvalue weighted by molar-refractivity contribution is 9.10. The molecule has 0 aliphatic heterocycles. The van der Waals surface area contributed by atoms with E-state index in [4.69, 9.17) is 19.2 Å². The highest BCUT2D eigenvalue weighted by Gasteiger charge is 2.21. The minimum absolute atomic E-state index is 0.175. The fraction of sp³-hybridized carbons (Fsp3) is 0.312. The second-order valence-electron chi connectivity index (χ2n) is 9.97. The number of hydrogen-bond acceptors (Lipinski definition) is 7. The van der Waals surface area contributed by atoms with Crippen molar-refractivity contribution in [1.82, 2.24) is 9.66 Å². The van der Waals surface area contributed by atoms with Crippen LogP contribution >= 0.6 is 15.9 Å². The lowest BCUT2D eigenvalue weighted by Gasteiger charge is -2.18. The summed E-state index contributed by atoms with van der Waals surface area (Å²) in [5.41, 5.74) is 3.52. The number of nitrogens with zero attached hydrogens (tertiary/aromatic N) is 3. The summed E-state index contributed by atoms with van der Waals surface area (Å²) in [6.45, 7) is 12.2. The van der Waals surface area contributed by atoms with Crippen LogP contribution in [0.15, 0.2) is 62.9 Å². The van der Waals surface area contributed by atoms with E-state index >= 15 is 0 Å². The van der Waals surface area contributed by atoms with Crippen molar-refractivity contribution in [2.45, 2.75) is 53.6 Å². The maximum absolute atomic E-state index is 13.8. The van der Waals surface area contributed by atoms with Crippen LogP contribution in [0.25, 0.3) is 22.3 Å². The molecule has 1 atom stereocenters. The normalized spacial score (nSPS) is 12.2. The van der Waals surface area contributed by atoms with Crippen LogP contribution in [-0.2, 0) is 4.79 Å². The van der Waals surface area contributed by atoms with E-state index in [-0.39, 0.29) is 17.2 Å². The molecule has 0 unspecified atom stereocenters. The molecular formula is C32H34BrN3O6. The number of para-hydroxylation sites is 1. The zero-order valence-electron chi connectivity index (χ0n) is 24.5. The van der Waals surface area contributed by atoms with Crippen molar-refractivity contribution in [1.29, 1.82) is 0 Å². The molecule has 1 aromatic heterocycles. The second-order valence-corrected chi connectivity index (χ2v) is 10.8. The van der Waals surface area contributed by atoms with Crippen LogP contribution in [0.4, 0.5) is 0 Å². The summed E-state index contributed by atoms with van der Waals surface area (Å²) in [5, 5.41) is 14.4. The first kappa shape index (κ1) is 30.8. The topological polar surface area (TPSA) is 112 Å². The van der Waals surface area contributed by atoms with Gasteiger partial charge in [-0.3, -0.25) is 4.79 Å². The van der Waals surface area contributed by atoms with Gasteiger partial charge < -0.3 is 19.3 Å². The SMILES string of the molecule is CCOc1cc(C)c(-c2nc3ccccc3c(=O)n2N=Cc2cc(Br)c(O[C@H](C)C(=O)O)c(OCC)c2)cc1C(C)C. The minimum atomic E-state index is -1.10. The third kappa shape index (κ3) is 6.49. The first-order chi connectivity index (χ1) is 20.0.